The smallest absolute Gasteiger partial charge is 0.326 e. The number of amides is 2. The van der Waals surface area contributed by atoms with Crippen LogP contribution in [-0.2, 0) is 11.2 Å². The number of carboxylic acids is 1. The molecular weight excluding hydrogens is 477 g/mol. The van der Waals surface area contributed by atoms with Crippen LogP contribution in [0.1, 0.15) is 37.4 Å². The summed E-state index contributed by atoms with van der Waals surface area (Å²) in [5.74, 6) is -2.25. The molecule has 0 bridgehead atoms. The van der Waals surface area contributed by atoms with Crippen molar-refractivity contribution in [1.82, 2.24) is 5.32 Å². The van der Waals surface area contributed by atoms with E-state index in [4.69, 9.17) is 28.5 Å². The number of nitriles is 1. The number of anilines is 1. The molecule has 1 unspecified atom stereocenters. The average molecular weight is 496 g/mol. The summed E-state index contributed by atoms with van der Waals surface area (Å²) in [5, 5.41) is 24.3. The van der Waals surface area contributed by atoms with Crippen molar-refractivity contribution in [2.75, 3.05) is 5.32 Å². The van der Waals surface area contributed by atoms with Gasteiger partial charge in [0.15, 0.2) is 0 Å². The first-order valence-electron chi connectivity index (χ1n) is 10.1. The molecule has 0 fully saturated rings. The van der Waals surface area contributed by atoms with Crippen molar-refractivity contribution in [3.63, 3.8) is 0 Å². The van der Waals surface area contributed by atoms with Crippen LogP contribution in [0.3, 0.4) is 0 Å². The Hall–Kier alpha value is -3.86. The SMILES string of the molecule is Cc1cccc(Cl)c1C(=O)NC(Cc1ccc(NC(=O)c2cc(C#N)ccc2Cl)cc1)C(=O)O. The minimum atomic E-state index is -1.19. The van der Waals surface area contributed by atoms with E-state index in [0.29, 0.717) is 22.4 Å². The molecule has 0 aliphatic carbocycles. The molecule has 172 valence electrons. The first-order chi connectivity index (χ1) is 16.2. The third-order valence-corrected chi connectivity index (χ3v) is 5.69. The molecule has 0 aromatic heterocycles. The Morgan fingerprint density at radius 1 is 1.00 bits per heavy atom. The number of aryl methyl sites for hydroxylation is 1. The van der Waals surface area contributed by atoms with Gasteiger partial charge in [0.2, 0.25) is 0 Å². The second-order valence-electron chi connectivity index (χ2n) is 7.46. The lowest BCUT2D eigenvalue weighted by molar-refractivity contribution is -0.139. The molecule has 3 aromatic rings. The van der Waals surface area contributed by atoms with Gasteiger partial charge in [-0.05, 0) is 54.4 Å². The highest BCUT2D eigenvalue weighted by Crippen LogP contribution is 2.21. The van der Waals surface area contributed by atoms with E-state index in [2.05, 4.69) is 10.6 Å². The van der Waals surface area contributed by atoms with E-state index >= 15 is 0 Å². The number of carboxylic acid groups (broad SMARTS) is 1. The van der Waals surface area contributed by atoms with Crippen LogP contribution >= 0.6 is 23.2 Å². The standard InChI is InChI=1S/C25H19Cl2N3O4/c1-14-3-2-4-20(27)22(14)24(32)30-21(25(33)34)12-15-5-8-17(9-6-15)29-23(31)18-11-16(13-28)7-10-19(18)26/h2-11,21H,12H2,1H3,(H,29,31)(H,30,32)(H,33,34). The molecule has 0 aliphatic rings. The number of hydrogen-bond donors (Lipinski definition) is 3. The highest BCUT2D eigenvalue weighted by atomic mass is 35.5. The fourth-order valence-corrected chi connectivity index (χ4v) is 3.79. The molecule has 0 saturated carbocycles. The molecule has 0 aliphatic heterocycles. The second-order valence-corrected chi connectivity index (χ2v) is 8.27. The van der Waals surface area contributed by atoms with Crippen LogP contribution in [0.15, 0.2) is 60.7 Å². The van der Waals surface area contributed by atoms with Crippen LogP contribution in [0.2, 0.25) is 10.0 Å². The molecule has 3 rings (SSSR count). The van der Waals surface area contributed by atoms with E-state index in [1.54, 1.807) is 49.4 Å². The molecule has 0 radical (unpaired) electrons. The number of nitrogens with zero attached hydrogens (tertiary/aromatic N) is 1. The Morgan fingerprint density at radius 3 is 2.32 bits per heavy atom. The molecule has 7 nitrogen and oxygen atoms in total. The molecule has 0 saturated heterocycles. The zero-order valence-electron chi connectivity index (χ0n) is 17.9. The molecule has 0 spiro atoms. The van der Waals surface area contributed by atoms with Gasteiger partial charge in [0.1, 0.15) is 6.04 Å². The maximum Gasteiger partial charge on any atom is 0.326 e. The molecule has 3 aromatic carbocycles. The lowest BCUT2D eigenvalue weighted by atomic mass is 10.0. The number of nitrogens with one attached hydrogen (secondary N) is 2. The zero-order valence-corrected chi connectivity index (χ0v) is 19.4. The van der Waals surface area contributed by atoms with Crippen LogP contribution < -0.4 is 10.6 Å². The molecule has 3 N–H and O–H groups in total. The molecule has 2 amide bonds. The summed E-state index contributed by atoms with van der Waals surface area (Å²) in [6, 6.07) is 16.6. The van der Waals surface area contributed by atoms with Crippen molar-refractivity contribution in [3.8, 4) is 6.07 Å². The van der Waals surface area contributed by atoms with E-state index in [-0.39, 0.29) is 27.6 Å². The van der Waals surface area contributed by atoms with Gasteiger partial charge in [-0.2, -0.15) is 5.26 Å². The minimum absolute atomic E-state index is 0.0227. The first-order valence-corrected chi connectivity index (χ1v) is 10.8. The number of benzene rings is 3. The minimum Gasteiger partial charge on any atom is -0.480 e. The molecule has 1 atom stereocenters. The van der Waals surface area contributed by atoms with Crippen LogP contribution in [0.4, 0.5) is 5.69 Å². The molecule has 0 heterocycles. The summed E-state index contributed by atoms with van der Waals surface area (Å²) in [6.45, 7) is 1.72. The van der Waals surface area contributed by atoms with Gasteiger partial charge in [0, 0.05) is 12.1 Å². The van der Waals surface area contributed by atoms with Crippen LogP contribution in [0, 0.1) is 18.3 Å². The summed E-state index contributed by atoms with van der Waals surface area (Å²) in [6.07, 6.45) is 0.0227. The van der Waals surface area contributed by atoms with Crippen molar-refractivity contribution in [3.05, 3.63) is 98.5 Å². The van der Waals surface area contributed by atoms with Crippen LogP contribution in [0.25, 0.3) is 0 Å². The van der Waals surface area contributed by atoms with Crippen LogP contribution in [0.5, 0.6) is 0 Å². The highest BCUT2D eigenvalue weighted by Gasteiger charge is 2.23. The Kier molecular flexibility index (Phi) is 7.90. The van der Waals surface area contributed by atoms with E-state index in [1.165, 1.54) is 18.2 Å². The third kappa shape index (κ3) is 5.93. The van der Waals surface area contributed by atoms with Gasteiger partial charge in [-0.25, -0.2) is 4.79 Å². The van der Waals surface area contributed by atoms with Gasteiger partial charge in [-0.3, -0.25) is 9.59 Å². The van der Waals surface area contributed by atoms with Gasteiger partial charge in [-0.15, -0.1) is 0 Å². The van der Waals surface area contributed by atoms with Gasteiger partial charge >= 0.3 is 5.97 Å². The van der Waals surface area contributed by atoms with Crippen molar-refractivity contribution >= 4 is 46.7 Å². The fourth-order valence-electron chi connectivity index (χ4n) is 3.28. The summed E-state index contributed by atoms with van der Waals surface area (Å²) in [5.41, 5.74) is 2.41. The zero-order chi connectivity index (χ0) is 24.8. The molecule has 9 heteroatoms. The van der Waals surface area contributed by atoms with E-state index < -0.39 is 23.8 Å². The quantitative estimate of drug-likeness (QED) is 0.432. The average Bonchev–Trinajstić information content (AvgIpc) is 2.80. The first kappa shape index (κ1) is 24.8. The monoisotopic (exact) mass is 495 g/mol. The Labute approximate surface area is 205 Å². The predicted octanol–water partition coefficient (Wildman–Crippen LogP) is 4.85. The molecular formula is C25H19Cl2N3O4. The number of halogens is 2. The van der Waals surface area contributed by atoms with Crippen molar-refractivity contribution in [2.24, 2.45) is 0 Å². The van der Waals surface area contributed by atoms with Gasteiger partial charge in [0.25, 0.3) is 11.8 Å². The van der Waals surface area contributed by atoms with Crippen LogP contribution in [-0.4, -0.2) is 28.9 Å². The fraction of sp³-hybridized carbons (Fsp3) is 0.120. The Morgan fingerprint density at radius 2 is 1.71 bits per heavy atom. The van der Waals surface area contributed by atoms with E-state index in [1.807, 2.05) is 6.07 Å². The maximum absolute atomic E-state index is 12.6. The largest absolute Gasteiger partial charge is 0.480 e. The normalized spacial score (nSPS) is 11.2. The van der Waals surface area contributed by atoms with Gasteiger partial charge in [0.05, 0.1) is 32.8 Å². The highest BCUT2D eigenvalue weighted by molar-refractivity contribution is 6.34. The number of carbonyl (C=O) groups excluding carboxylic acids is 2. The summed E-state index contributed by atoms with van der Waals surface area (Å²) < 4.78 is 0. The summed E-state index contributed by atoms with van der Waals surface area (Å²) in [4.78, 5) is 36.9. The number of carbonyl (C=O) groups is 3. The van der Waals surface area contributed by atoms with E-state index in [9.17, 15) is 19.5 Å². The van der Waals surface area contributed by atoms with Gasteiger partial charge in [-0.1, -0.05) is 47.5 Å². The lowest BCUT2D eigenvalue weighted by Gasteiger charge is -2.16. The summed E-state index contributed by atoms with van der Waals surface area (Å²) >= 11 is 12.2. The number of rotatable bonds is 7. The van der Waals surface area contributed by atoms with Crippen molar-refractivity contribution in [2.45, 2.75) is 19.4 Å². The molecule has 34 heavy (non-hydrogen) atoms. The van der Waals surface area contributed by atoms with Crippen molar-refractivity contribution < 1.29 is 19.5 Å². The predicted molar refractivity (Wildman–Crippen MR) is 129 cm³/mol. The van der Waals surface area contributed by atoms with Gasteiger partial charge < -0.3 is 15.7 Å². The third-order valence-electron chi connectivity index (χ3n) is 5.04. The lowest BCUT2D eigenvalue weighted by Crippen LogP contribution is -2.42. The van der Waals surface area contributed by atoms with Crippen molar-refractivity contribution in [1.29, 1.82) is 5.26 Å². The number of aliphatic carboxylic acids is 1. The topological polar surface area (TPSA) is 119 Å². The Balaban J connectivity index is 1.70. The Bertz CT molecular complexity index is 1280. The van der Waals surface area contributed by atoms with E-state index in [0.717, 1.165) is 0 Å². The second kappa shape index (κ2) is 10.8. The summed E-state index contributed by atoms with van der Waals surface area (Å²) in [7, 11) is 0. The number of hydrogen-bond acceptors (Lipinski definition) is 4. The maximum atomic E-state index is 12.6.